The van der Waals surface area contributed by atoms with Gasteiger partial charge in [0.05, 0.1) is 0 Å². The van der Waals surface area contributed by atoms with Gasteiger partial charge in [-0.1, -0.05) is 178 Å². The minimum Gasteiger partial charge on any atom is -0.0760 e. The predicted octanol–water partition coefficient (Wildman–Crippen LogP) is 16.1. The molecule has 0 saturated heterocycles. The molecule has 0 heterocycles. The Balaban J connectivity index is 1.03. The molecule has 0 aliphatic heterocycles. The van der Waals surface area contributed by atoms with E-state index < -0.39 is 0 Å². The van der Waals surface area contributed by atoms with Gasteiger partial charge in [-0.05, 0) is 165 Å². The first-order valence-electron chi connectivity index (χ1n) is 22.4. The van der Waals surface area contributed by atoms with Crippen molar-refractivity contribution in [1.82, 2.24) is 0 Å². The van der Waals surface area contributed by atoms with Gasteiger partial charge in [0.1, 0.15) is 0 Å². The van der Waals surface area contributed by atoms with Crippen LogP contribution < -0.4 is 0 Å². The number of benzene rings is 7. The lowest BCUT2D eigenvalue weighted by molar-refractivity contribution is 0.646. The quantitative estimate of drug-likeness (QED) is 0.157. The monoisotopic (exact) mass is 776 g/mol. The molecule has 0 radical (unpaired) electrons. The van der Waals surface area contributed by atoms with Gasteiger partial charge in [0.15, 0.2) is 0 Å². The molecule has 2 unspecified atom stereocenters. The van der Waals surface area contributed by atoms with Crippen molar-refractivity contribution in [1.29, 1.82) is 0 Å². The van der Waals surface area contributed by atoms with Crippen molar-refractivity contribution >= 4 is 38.3 Å². The summed E-state index contributed by atoms with van der Waals surface area (Å²) in [5.74, 6) is 0.563. The third-order valence-corrected chi connectivity index (χ3v) is 15.6. The zero-order valence-electron chi connectivity index (χ0n) is 34.6. The Morgan fingerprint density at radius 3 is 1.95 bits per heavy atom. The van der Waals surface area contributed by atoms with Gasteiger partial charge in [-0.3, -0.25) is 0 Å². The zero-order chi connectivity index (χ0) is 40.1. The average molecular weight is 777 g/mol. The molecule has 288 valence electrons. The highest BCUT2D eigenvalue weighted by atomic mass is 14.5. The van der Waals surface area contributed by atoms with Crippen LogP contribution in [-0.4, -0.2) is 0 Å². The van der Waals surface area contributed by atoms with E-state index in [2.05, 4.69) is 184 Å². The van der Waals surface area contributed by atoms with Crippen molar-refractivity contribution in [2.75, 3.05) is 0 Å². The Morgan fingerprint density at radius 2 is 1.15 bits per heavy atom. The maximum absolute atomic E-state index is 2.66. The van der Waals surface area contributed by atoms with Gasteiger partial charge in [0.2, 0.25) is 0 Å². The summed E-state index contributed by atoms with van der Waals surface area (Å²) in [6, 6.07) is 50.4. The summed E-state index contributed by atoms with van der Waals surface area (Å²) in [7, 11) is 0. The first-order valence-corrected chi connectivity index (χ1v) is 22.4. The van der Waals surface area contributed by atoms with E-state index in [0.717, 1.165) is 25.7 Å². The summed E-state index contributed by atoms with van der Waals surface area (Å²) in [5.41, 5.74) is 28.9. The van der Waals surface area contributed by atoms with Crippen molar-refractivity contribution in [2.45, 2.75) is 44.9 Å². The van der Waals surface area contributed by atoms with Crippen LogP contribution in [0.2, 0.25) is 0 Å². The van der Waals surface area contributed by atoms with Crippen LogP contribution in [0.25, 0.3) is 82.8 Å². The standard InChI is InChI=1S/C61H44/c1-61(2)52-26-12-11-21-42(52)43-30-29-38(33-53(43)61)37-27-28-39-32-50-57-45(48(39)31-37)23-14-25-47(57)59-54(35-15-5-3-6-16-35)51-34-49-41-20-10-9-19-40(41)44-22-13-24-46(56(44)49)58(51)55(60(50)59)36-17-7-4-8-18-36/h3-26,31-34,45,57H,27-30H2,1-2H3. The molecule has 14 rings (SSSR count). The molecule has 7 aromatic carbocycles. The number of fused-ring (bicyclic) bond motifs is 11. The third-order valence-electron chi connectivity index (χ3n) is 15.6. The summed E-state index contributed by atoms with van der Waals surface area (Å²) in [4.78, 5) is 0. The van der Waals surface area contributed by atoms with Crippen molar-refractivity contribution in [3.8, 4) is 44.5 Å². The SMILES string of the molecule is CC1(C)C2=C(CCC(C3=CC4=C(C=C5c6c(c(-c7ccccc7)c7cc8c9c(cccc9c7c6-c6ccccc6)-c6ccccc6-8)C6=CC=CC4C65)CC3)=C2)c2ccccc21. The fourth-order valence-electron chi connectivity index (χ4n) is 13.0. The van der Waals surface area contributed by atoms with Gasteiger partial charge >= 0.3 is 0 Å². The molecule has 0 nitrogen and oxygen atoms in total. The van der Waals surface area contributed by atoms with Gasteiger partial charge in [0.25, 0.3) is 0 Å². The average Bonchev–Trinajstić information content (AvgIpc) is 3.90. The second-order valence-electron chi connectivity index (χ2n) is 18.8. The summed E-state index contributed by atoms with van der Waals surface area (Å²) in [6.45, 7) is 4.86. The summed E-state index contributed by atoms with van der Waals surface area (Å²) in [5, 5.41) is 5.47. The van der Waals surface area contributed by atoms with Crippen LogP contribution in [0.1, 0.15) is 61.8 Å². The Labute approximate surface area is 358 Å². The van der Waals surface area contributed by atoms with Crippen molar-refractivity contribution in [3.05, 3.63) is 220 Å². The first kappa shape index (κ1) is 34.0. The number of allylic oxidation sites excluding steroid dienone is 14. The molecule has 7 aliphatic carbocycles. The number of rotatable bonds is 3. The van der Waals surface area contributed by atoms with Crippen molar-refractivity contribution < 1.29 is 0 Å². The van der Waals surface area contributed by atoms with Crippen LogP contribution in [0.4, 0.5) is 0 Å². The molecule has 61 heavy (non-hydrogen) atoms. The van der Waals surface area contributed by atoms with E-state index in [-0.39, 0.29) is 11.3 Å². The van der Waals surface area contributed by atoms with Crippen molar-refractivity contribution in [3.63, 3.8) is 0 Å². The molecule has 0 heteroatoms. The Hall–Kier alpha value is -6.76. The van der Waals surface area contributed by atoms with E-state index in [0.29, 0.717) is 5.92 Å². The van der Waals surface area contributed by atoms with Crippen LogP contribution in [0.15, 0.2) is 198 Å². The van der Waals surface area contributed by atoms with Gasteiger partial charge in [-0.2, -0.15) is 0 Å². The van der Waals surface area contributed by atoms with Crippen LogP contribution in [-0.2, 0) is 5.41 Å². The van der Waals surface area contributed by atoms with E-state index in [1.54, 1.807) is 16.7 Å². The fraction of sp³-hybridized carbons (Fsp3) is 0.148. The van der Waals surface area contributed by atoms with E-state index in [1.807, 2.05) is 0 Å². The molecule has 0 fully saturated rings. The highest BCUT2D eigenvalue weighted by Crippen LogP contribution is 2.64. The molecule has 0 bridgehead atoms. The minimum atomic E-state index is 0.0350. The van der Waals surface area contributed by atoms with Gasteiger partial charge in [0, 0.05) is 17.3 Å². The molecule has 0 spiro atoms. The van der Waals surface area contributed by atoms with E-state index in [1.165, 1.54) is 116 Å². The largest absolute Gasteiger partial charge is 0.0760 e. The molecular weight excluding hydrogens is 733 g/mol. The molecule has 7 aromatic rings. The number of hydrogen-bond acceptors (Lipinski definition) is 0. The third kappa shape index (κ3) is 4.45. The second-order valence-corrected chi connectivity index (χ2v) is 18.8. The highest BCUT2D eigenvalue weighted by Gasteiger charge is 2.46. The lowest BCUT2D eigenvalue weighted by Gasteiger charge is -2.36. The van der Waals surface area contributed by atoms with Crippen LogP contribution in [0.5, 0.6) is 0 Å². The summed E-state index contributed by atoms with van der Waals surface area (Å²) >= 11 is 0. The molecule has 0 amide bonds. The molecule has 0 saturated carbocycles. The Bertz CT molecular complexity index is 3400. The minimum absolute atomic E-state index is 0.0350. The lowest BCUT2D eigenvalue weighted by Crippen LogP contribution is -2.22. The van der Waals surface area contributed by atoms with Gasteiger partial charge in [-0.25, -0.2) is 0 Å². The smallest absolute Gasteiger partial charge is 0.0206 e. The first-order chi connectivity index (χ1) is 30.0. The maximum Gasteiger partial charge on any atom is 0.0206 e. The zero-order valence-corrected chi connectivity index (χ0v) is 34.6. The highest BCUT2D eigenvalue weighted by molar-refractivity contribution is 6.31. The van der Waals surface area contributed by atoms with Crippen LogP contribution in [0.3, 0.4) is 0 Å². The molecule has 7 aliphatic rings. The second kappa shape index (κ2) is 12.2. The molecular formula is C61H44. The summed E-state index contributed by atoms with van der Waals surface area (Å²) < 4.78 is 0. The summed E-state index contributed by atoms with van der Waals surface area (Å²) in [6.07, 6.45) is 19.7. The van der Waals surface area contributed by atoms with E-state index in [9.17, 15) is 0 Å². The van der Waals surface area contributed by atoms with Crippen LogP contribution in [0, 0.1) is 11.8 Å². The molecule has 0 N–H and O–H groups in total. The van der Waals surface area contributed by atoms with Gasteiger partial charge < -0.3 is 0 Å². The Kier molecular flexibility index (Phi) is 6.79. The van der Waals surface area contributed by atoms with E-state index in [4.69, 9.17) is 0 Å². The Morgan fingerprint density at radius 1 is 0.492 bits per heavy atom. The maximum atomic E-state index is 2.66. The molecule has 0 aromatic heterocycles. The van der Waals surface area contributed by atoms with Crippen molar-refractivity contribution in [2.24, 2.45) is 11.8 Å². The van der Waals surface area contributed by atoms with Crippen LogP contribution >= 0.6 is 0 Å². The predicted molar refractivity (Wildman–Crippen MR) is 257 cm³/mol. The van der Waals surface area contributed by atoms with E-state index >= 15 is 0 Å². The molecule has 2 atom stereocenters. The normalized spacial score (nSPS) is 20.7. The number of hydrogen-bond donors (Lipinski definition) is 0. The lowest BCUT2D eigenvalue weighted by atomic mass is 9.68. The van der Waals surface area contributed by atoms with Gasteiger partial charge in [-0.15, -0.1) is 0 Å². The fourth-order valence-corrected chi connectivity index (χ4v) is 13.0. The topological polar surface area (TPSA) is 0 Å².